The summed E-state index contributed by atoms with van der Waals surface area (Å²) < 4.78 is 29.5. The van der Waals surface area contributed by atoms with Crippen molar-refractivity contribution in [3.63, 3.8) is 0 Å². The molecule has 3 N–H and O–H groups in total. The van der Waals surface area contributed by atoms with Crippen LogP contribution >= 0.6 is 0 Å². The Balaban J connectivity index is 3.54. The molecule has 0 unspecified atom stereocenters. The average Bonchev–Trinajstić information content (AvgIpc) is 2.15. The second kappa shape index (κ2) is 4.07. The van der Waals surface area contributed by atoms with Crippen molar-refractivity contribution >= 4 is 5.91 Å². The molecule has 0 atom stereocenters. The van der Waals surface area contributed by atoms with E-state index in [1.807, 2.05) is 4.98 Å². The van der Waals surface area contributed by atoms with Crippen LogP contribution in [0.25, 0.3) is 0 Å². The lowest BCUT2D eigenvalue weighted by atomic mass is 10.1. The lowest BCUT2D eigenvalue weighted by Gasteiger charge is -2.09. The van der Waals surface area contributed by atoms with Crippen LogP contribution in [0.15, 0.2) is 10.9 Å². The molecule has 5 nitrogen and oxygen atoms in total. The monoisotopic (exact) mass is 218 g/mol. The SMILES string of the molecule is COc1cc(=O)[nH]c(C(F)F)c1C(N)=O. The molecular formula is C8H8F2N2O3. The zero-order valence-electron chi connectivity index (χ0n) is 7.71. The average molecular weight is 218 g/mol. The third kappa shape index (κ3) is 2.12. The van der Waals surface area contributed by atoms with Gasteiger partial charge in [0.25, 0.3) is 17.9 Å². The highest BCUT2D eigenvalue weighted by molar-refractivity contribution is 5.96. The Hall–Kier alpha value is -1.92. The summed E-state index contributed by atoms with van der Waals surface area (Å²) in [4.78, 5) is 23.7. The van der Waals surface area contributed by atoms with Crippen LogP contribution in [0.2, 0.25) is 0 Å². The van der Waals surface area contributed by atoms with Gasteiger partial charge in [-0.1, -0.05) is 0 Å². The number of pyridine rings is 1. The standard InChI is InChI=1S/C8H8F2N2O3/c1-15-3-2-4(13)12-6(7(9)10)5(3)8(11)14/h2,7H,1H3,(H2,11,14)(H,12,13). The molecule has 1 amide bonds. The largest absolute Gasteiger partial charge is 0.496 e. The lowest BCUT2D eigenvalue weighted by molar-refractivity contribution is 0.0978. The molecule has 1 aromatic rings. The van der Waals surface area contributed by atoms with Gasteiger partial charge in [-0.05, 0) is 0 Å². The number of hydrogen-bond acceptors (Lipinski definition) is 3. The molecule has 0 saturated heterocycles. The summed E-state index contributed by atoms with van der Waals surface area (Å²) in [5.41, 5.74) is 2.79. The number of nitrogens with one attached hydrogen (secondary N) is 1. The Morgan fingerprint density at radius 1 is 1.60 bits per heavy atom. The highest BCUT2D eigenvalue weighted by Gasteiger charge is 2.22. The maximum atomic E-state index is 12.5. The summed E-state index contributed by atoms with van der Waals surface area (Å²) in [7, 11) is 1.15. The van der Waals surface area contributed by atoms with E-state index in [-0.39, 0.29) is 5.75 Å². The van der Waals surface area contributed by atoms with Crippen LogP contribution in [0, 0.1) is 0 Å². The fourth-order valence-corrected chi connectivity index (χ4v) is 1.13. The molecule has 0 aromatic carbocycles. The van der Waals surface area contributed by atoms with Gasteiger partial charge < -0.3 is 15.5 Å². The minimum atomic E-state index is -3.00. The Kier molecular flexibility index (Phi) is 3.03. The van der Waals surface area contributed by atoms with Crippen LogP contribution in [0.4, 0.5) is 8.78 Å². The number of alkyl halides is 2. The number of amides is 1. The fourth-order valence-electron chi connectivity index (χ4n) is 1.13. The second-order valence-corrected chi connectivity index (χ2v) is 2.66. The van der Waals surface area contributed by atoms with E-state index in [1.165, 1.54) is 0 Å². The van der Waals surface area contributed by atoms with Gasteiger partial charge in [0, 0.05) is 6.07 Å². The van der Waals surface area contributed by atoms with Crippen molar-refractivity contribution in [2.45, 2.75) is 6.43 Å². The van der Waals surface area contributed by atoms with Gasteiger partial charge in [-0.15, -0.1) is 0 Å². The topological polar surface area (TPSA) is 85.2 Å². The van der Waals surface area contributed by atoms with Gasteiger partial charge in [-0.2, -0.15) is 0 Å². The maximum Gasteiger partial charge on any atom is 0.279 e. The maximum absolute atomic E-state index is 12.5. The number of aromatic nitrogens is 1. The molecule has 0 fully saturated rings. The summed E-state index contributed by atoms with van der Waals surface area (Å²) in [5, 5.41) is 0. The van der Waals surface area contributed by atoms with Crippen LogP contribution in [0.5, 0.6) is 5.75 Å². The highest BCUT2D eigenvalue weighted by atomic mass is 19.3. The van der Waals surface area contributed by atoms with Gasteiger partial charge in [-0.25, -0.2) is 8.78 Å². The van der Waals surface area contributed by atoms with E-state index in [2.05, 4.69) is 4.74 Å². The smallest absolute Gasteiger partial charge is 0.279 e. The van der Waals surface area contributed by atoms with E-state index < -0.39 is 29.1 Å². The number of nitrogens with two attached hydrogens (primary N) is 1. The predicted molar refractivity (Wildman–Crippen MR) is 47.1 cm³/mol. The molecule has 0 radical (unpaired) electrons. The molecule has 15 heavy (non-hydrogen) atoms. The van der Waals surface area contributed by atoms with Crippen molar-refractivity contribution in [3.8, 4) is 5.75 Å². The Morgan fingerprint density at radius 2 is 2.20 bits per heavy atom. The molecule has 82 valence electrons. The van der Waals surface area contributed by atoms with Gasteiger partial charge in [0.2, 0.25) is 0 Å². The third-order valence-corrected chi connectivity index (χ3v) is 1.72. The number of primary amides is 1. The lowest BCUT2D eigenvalue weighted by Crippen LogP contribution is -2.21. The third-order valence-electron chi connectivity index (χ3n) is 1.72. The first-order valence-electron chi connectivity index (χ1n) is 3.86. The first-order valence-corrected chi connectivity index (χ1v) is 3.86. The molecule has 0 aliphatic heterocycles. The molecule has 7 heteroatoms. The number of halogens is 2. The van der Waals surface area contributed by atoms with Crippen molar-refractivity contribution in [3.05, 3.63) is 27.7 Å². The molecule has 0 aliphatic carbocycles. The minimum Gasteiger partial charge on any atom is -0.496 e. The number of methoxy groups -OCH3 is 1. The van der Waals surface area contributed by atoms with E-state index >= 15 is 0 Å². The van der Waals surface area contributed by atoms with Gasteiger partial charge in [0.1, 0.15) is 17.0 Å². The second-order valence-electron chi connectivity index (χ2n) is 2.66. The van der Waals surface area contributed by atoms with Crippen LogP contribution in [0.1, 0.15) is 22.5 Å². The number of carbonyl (C=O) groups excluding carboxylic acids is 1. The zero-order chi connectivity index (χ0) is 11.6. The van der Waals surface area contributed by atoms with E-state index in [9.17, 15) is 18.4 Å². The van der Waals surface area contributed by atoms with E-state index in [0.29, 0.717) is 0 Å². The molecule has 0 spiro atoms. The molecular weight excluding hydrogens is 210 g/mol. The van der Waals surface area contributed by atoms with Crippen LogP contribution in [-0.4, -0.2) is 18.0 Å². The minimum absolute atomic E-state index is 0.262. The summed E-state index contributed by atoms with van der Waals surface area (Å²) in [6.07, 6.45) is -3.00. The highest BCUT2D eigenvalue weighted by Crippen LogP contribution is 2.25. The molecule has 0 aliphatic rings. The molecule has 1 aromatic heterocycles. The van der Waals surface area contributed by atoms with Crippen molar-refractivity contribution in [2.24, 2.45) is 5.73 Å². The molecule has 0 bridgehead atoms. The number of hydrogen-bond donors (Lipinski definition) is 2. The van der Waals surface area contributed by atoms with Crippen LogP contribution in [-0.2, 0) is 0 Å². The van der Waals surface area contributed by atoms with Crippen molar-refractivity contribution < 1.29 is 18.3 Å². The quantitative estimate of drug-likeness (QED) is 0.770. The summed E-state index contributed by atoms with van der Waals surface area (Å²) in [5.74, 6) is -1.35. The van der Waals surface area contributed by atoms with Crippen molar-refractivity contribution in [1.29, 1.82) is 0 Å². The first-order chi connectivity index (χ1) is 6.97. The van der Waals surface area contributed by atoms with Crippen LogP contribution < -0.4 is 16.0 Å². The predicted octanol–water partition coefficient (Wildman–Crippen LogP) is 0.420. The van der Waals surface area contributed by atoms with Crippen LogP contribution in [0.3, 0.4) is 0 Å². The van der Waals surface area contributed by atoms with Crippen molar-refractivity contribution in [2.75, 3.05) is 7.11 Å². The molecule has 1 rings (SSSR count). The molecule has 1 heterocycles. The van der Waals surface area contributed by atoms with E-state index in [0.717, 1.165) is 13.2 Å². The summed E-state index contributed by atoms with van der Waals surface area (Å²) in [6.45, 7) is 0. The number of H-pyrrole nitrogens is 1. The Morgan fingerprint density at radius 3 is 2.60 bits per heavy atom. The van der Waals surface area contributed by atoms with Gasteiger partial charge in [-0.3, -0.25) is 9.59 Å². The van der Waals surface area contributed by atoms with E-state index in [1.54, 1.807) is 0 Å². The zero-order valence-corrected chi connectivity index (χ0v) is 7.71. The molecule has 0 saturated carbocycles. The first kappa shape index (κ1) is 11.2. The Bertz CT molecular complexity index is 442. The van der Waals surface area contributed by atoms with E-state index in [4.69, 9.17) is 5.73 Å². The van der Waals surface area contributed by atoms with Gasteiger partial charge in [0.15, 0.2) is 0 Å². The fraction of sp³-hybridized carbons (Fsp3) is 0.250. The number of aromatic amines is 1. The van der Waals surface area contributed by atoms with Crippen molar-refractivity contribution in [1.82, 2.24) is 4.98 Å². The number of rotatable bonds is 3. The number of carbonyl (C=O) groups is 1. The van der Waals surface area contributed by atoms with Gasteiger partial charge >= 0.3 is 0 Å². The number of ether oxygens (including phenoxy) is 1. The summed E-state index contributed by atoms with van der Waals surface area (Å²) >= 11 is 0. The normalized spacial score (nSPS) is 10.4. The van der Waals surface area contributed by atoms with Gasteiger partial charge in [0.05, 0.1) is 7.11 Å². The Labute approximate surface area is 82.9 Å². The summed E-state index contributed by atoms with van der Waals surface area (Å²) in [6, 6.07) is 0.881.